The van der Waals surface area contributed by atoms with E-state index in [4.69, 9.17) is 18.9 Å². The minimum absolute atomic E-state index is 0.0643. The van der Waals surface area contributed by atoms with Gasteiger partial charge >= 0.3 is 12.1 Å². The van der Waals surface area contributed by atoms with Crippen molar-refractivity contribution in [3.8, 4) is 5.75 Å². The number of methoxy groups -OCH3 is 1. The van der Waals surface area contributed by atoms with E-state index in [0.717, 1.165) is 10.5 Å². The summed E-state index contributed by atoms with van der Waals surface area (Å²) in [6.45, 7) is -0.767. The Morgan fingerprint density at radius 2 is 1.42 bits per heavy atom. The third-order valence-electron chi connectivity index (χ3n) is 11.6. The summed E-state index contributed by atoms with van der Waals surface area (Å²) in [7, 11) is 1.46. The number of amides is 3. The molecule has 308 valence electrons. The Kier molecular flexibility index (Phi) is 11.8. The molecule has 1 spiro atoms. The van der Waals surface area contributed by atoms with E-state index in [1.165, 1.54) is 7.11 Å². The highest BCUT2D eigenvalue weighted by molar-refractivity contribution is 6.23. The summed E-state index contributed by atoms with van der Waals surface area (Å²) in [6, 6.07) is 37.7. The highest BCUT2D eigenvalue weighted by Crippen LogP contribution is 2.66. The lowest BCUT2D eigenvalue weighted by Crippen LogP contribution is -2.56. The maximum absolute atomic E-state index is 16.0. The number of anilines is 1. The number of rotatable bonds is 13. The molecular weight excluding hydrogens is 767 g/mol. The zero-order valence-corrected chi connectivity index (χ0v) is 32.8. The van der Waals surface area contributed by atoms with Gasteiger partial charge in [-0.3, -0.25) is 19.3 Å². The van der Waals surface area contributed by atoms with Crippen molar-refractivity contribution >= 4 is 29.6 Å². The highest BCUT2D eigenvalue weighted by Gasteiger charge is 2.76. The Labute approximate surface area is 347 Å². The van der Waals surface area contributed by atoms with Crippen LogP contribution < -0.4 is 15.0 Å². The minimum Gasteiger partial charge on any atom is -0.491 e. The molecule has 3 aliphatic rings. The fourth-order valence-electron chi connectivity index (χ4n) is 9.18. The zero-order chi connectivity index (χ0) is 41.8. The van der Waals surface area contributed by atoms with Gasteiger partial charge in [0.1, 0.15) is 36.5 Å². The van der Waals surface area contributed by atoms with Crippen LogP contribution in [-0.2, 0) is 34.0 Å². The van der Waals surface area contributed by atoms with Crippen molar-refractivity contribution in [1.82, 2.24) is 10.2 Å². The summed E-state index contributed by atoms with van der Waals surface area (Å²) in [5, 5.41) is 24.1. The molecule has 5 aromatic carbocycles. The smallest absolute Gasteiger partial charge is 0.421 e. The molecule has 7 atom stereocenters. The van der Waals surface area contributed by atoms with Gasteiger partial charge in [-0.25, -0.2) is 9.69 Å². The molecule has 3 N–H and O–H groups in total. The predicted molar refractivity (Wildman–Crippen MR) is 219 cm³/mol. The number of hydrogen-bond donors (Lipinski definition) is 3. The van der Waals surface area contributed by atoms with Crippen LogP contribution in [0.3, 0.4) is 0 Å². The summed E-state index contributed by atoms with van der Waals surface area (Å²) in [4.78, 5) is 63.5. The third-order valence-corrected chi connectivity index (χ3v) is 11.6. The van der Waals surface area contributed by atoms with Crippen LogP contribution in [0.2, 0.25) is 0 Å². The van der Waals surface area contributed by atoms with Crippen LogP contribution in [0.25, 0.3) is 0 Å². The van der Waals surface area contributed by atoms with Gasteiger partial charge in [-0.1, -0.05) is 127 Å². The number of carbonyl (C=O) groups excluding carboxylic acids is 4. The molecular formula is C47H45N3O10. The molecule has 3 heterocycles. The molecule has 3 amide bonds. The van der Waals surface area contributed by atoms with Gasteiger partial charge in [0.2, 0.25) is 11.8 Å². The maximum Gasteiger partial charge on any atom is 0.421 e. The summed E-state index contributed by atoms with van der Waals surface area (Å²) in [6.07, 6.45) is -3.05. The zero-order valence-electron chi connectivity index (χ0n) is 32.8. The average molecular weight is 812 g/mol. The van der Waals surface area contributed by atoms with E-state index in [9.17, 15) is 15.0 Å². The number of para-hydroxylation sites is 2. The fraction of sp³-hybridized carbons (Fsp3) is 0.277. The number of ether oxygens (including phenoxy) is 4. The van der Waals surface area contributed by atoms with Gasteiger partial charge in [0, 0.05) is 19.2 Å². The molecule has 3 aliphatic heterocycles. The molecule has 5 aromatic rings. The Morgan fingerprint density at radius 3 is 2.12 bits per heavy atom. The number of benzene rings is 5. The first-order valence-corrected chi connectivity index (χ1v) is 19.8. The molecule has 0 aromatic heterocycles. The maximum atomic E-state index is 16.0. The number of nitrogens with one attached hydrogen (secondary N) is 1. The van der Waals surface area contributed by atoms with Crippen LogP contribution in [-0.4, -0.2) is 85.1 Å². The van der Waals surface area contributed by atoms with Crippen LogP contribution in [0, 0.1) is 5.92 Å². The van der Waals surface area contributed by atoms with Crippen LogP contribution in [0.1, 0.15) is 52.1 Å². The van der Waals surface area contributed by atoms with E-state index in [-0.39, 0.29) is 38.7 Å². The lowest BCUT2D eigenvalue weighted by molar-refractivity contribution is -0.178. The predicted octanol–water partition coefficient (Wildman–Crippen LogP) is 5.36. The summed E-state index contributed by atoms with van der Waals surface area (Å²) >= 11 is 0. The first-order valence-electron chi connectivity index (χ1n) is 19.8. The number of carbonyl (C=O) groups is 4. The number of aliphatic hydroxyl groups is 2. The molecule has 8 rings (SSSR count). The Morgan fingerprint density at radius 1 is 0.783 bits per heavy atom. The minimum atomic E-state index is -2.03. The molecule has 0 saturated carbocycles. The van der Waals surface area contributed by atoms with Crippen molar-refractivity contribution in [2.45, 2.75) is 35.7 Å². The molecule has 60 heavy (non-hydrogen) atoms. The Bertz CT molecular complexity index is 2330. The van der Waals surface area contributed by atoms with Crippen molar-refractivity contribution in [1.29, 1.82) is 0 Å². The second-order valence-corrected chi connectivity index (χ2v) is 14.8. The lowest BCUT2D eigenvalue weighted by Gasteiger charge is -2.46. The number of morpholine rings is 1. The summed E-state index contributed by atoms with van der Waals surface area (Å²) in [5.41, 5.74) is 0.830. The van der Waals surface area contributed by atoms with Crippen LogP contribution in [0.5, 0.6) is 5.75 Å². The average Bonchev–Trinajstić information content (AvgIpc) is 3.75. The first kappa shape index (κ1) is 40.4. The van der Waals surface area contributed by atoms with Crippen molar-refractivity contribution < 1.29 is 48.3 Å². The third kappa shape index (κ3) is 6.98. The molecule has 0 radical (unpaired) electrons. The van der Waals surface area contributed by atoms with Crippen LogP contribution in [0.15, 0.2) is 140 Å². The number of imide groups is 1. The molecule has 2 saturated heterocycles. The van der Waals surface area contributed by atoms with E-state index in [0.29, 0.717) is 28.0 Å². The summed E-state index contributed by atoms with van der Waals surface area (Å²) < 4.78 is 23.4. The second kappa shape index (κ2) is 17.5. The number of aliphatic hydroxyl groups excluding tert-OH is 2. The van der Waals surface area contributed by atoms with Gasteiger partial charge in [-0.15, -0.1) is 0 Å². The van der Waals surface area contributed by atoms with Crippen molar-refractivity contribution in [3.05, 3.63) is 167 Å². The normalized spacial score (nSPS) is 23.7. The van der Waals surface area contributed by atoms with E-state index < -0.39 is 65.5 Å². The highest BCUT2D eigenvalue weighted by atomic mass is 16.6. The largest absolute Gasteiger partial charge is 0.491 e. The van der Waals surface area contributed by atoms with Gasteiger partial charge < -0.3 is 34.5 Å². The van der Waals surface area contributed by atoms with Crippen molar-refractivity contribution in [2.75, 3.05) is 45.0 Å². The number of hydrogen-bond acceptors (Lipinski definition) is 11. The lowest BCUT2D eigenvalue weighted by atomic mass is 9.65. The Hall–Kier alpha value is -6.38. The second-order valence-electron chi connectivity index (χ2n) is 14.8. The van der Waals surface area contributed by atoms with E-state index in [1.807, 2.05) is 71.6 Å². The molecule has 2 fully saturated rings. The van der Waals surface area contributed by atoms with Crippen molar-refractivity contribution in [2.24, 2.45) is 5.92 Å². The van der Waals surface area contributed by atoms with E-state index >= 15 is 14.4 Å². The molecule has 0 aliphatic carbocycles. The quantitative estimate of drug-likeness (QED) is 0.104. The number of esters is 1. The fourth-order valence-corrected chi connectivity index (χ4v) is 9.18. The molecule has 0 bridgehead atoms. The van der Waals surface area contributed by atoms with E-state index in [2.05, 4.69) is 5.32 Å². The Balaban J connectivity index is 1.41. The van der Waals surface area contributed by atoms with Gasteiger partial charge in [0.25, 0.3) is 0 Å². The molecule has 0 unspecified atom stereocenters. The first-order chi connectivity index (χ1) is 29.3. The van der Waals surface area contributed by atoms with Gasteiger partial charge in [0.15, 0.2) is 0 Å². The number of cyclic esters (lactones) is 1. The monoisotopic (exact) mass is 811 g/mol. The van der Waals surface area contributed by atoms with Crippen LogP contribution in [0.4, 0.5) is 10.5 Å². The van der Waals surface area contributed by atoms with Gasteiger partial charge in [0.05, 0.1) is 43.0 Å². The van der Waals surface area contributed by atoms with Crippen molar-refractivity contribution in [3.63, 3.8) is 0 Å². The standard InChI is InChI=1S/C47H45N3O10/c1-57-27-28-59-46(56)49-35-23-13-12-22-34(35)47(45(49)55)38(43(53)48-29-36(52)30-15-5-2-6-16-30)40-44(54)60-41(32-19-9-4-10-20-32)39(31-17-7-3-8-18-31)50(40)42(47)33-21-11-14-24-37(33)58-26-25-51/h2-24,36,38-42,51-52H,25-29H2,1H3,(H,48,53)/t36-,38-,39-,40-,41+,42+,47-/m0/s1. The van der Waals surface area contributed by atoms with E-state index in [1.54, 1.807) is 72.8 Å². The molecule has 13 nitrogen and oxygen atoms in total. The van der Waals surface area contributed by atoms with Crippen LogP contribution >= 0.6 is 0 Å². The number of nitrogens with zero attached hydrogens (tertiary/aromatic N) is 2. The van der Waals surface area contributed by atoms with Gasteiger partial charge in [-0.05, 0) is 34.4 Å². The molecule has 13 heteroatoms. The summed E-state index contributed by atoms with van der Waals surface area (Å²) in [5.74, 6) is -3.55. The topological polar surface area (TPSA) is 164 Å². The van der Waals surface area contributed by atoms with Gasteiger partial charge in [-0.2, -0.15) is 0 Å². The number of fused-ring (bicyclic) bond motifs is 3. The SMILES string of the molecule is COCCOC(=O)N1C(=O)[C@@]2(c3ccccc31)[C@H](C(=O)NC[C@H](O)c1ccccc1)[C@H]1C(=O)O[C@H](c3ccccc3)[C@H](c3ccccc3)N1[C@@H]2c1ccccc1OCCO.